The molecule has 75 heavy (non-hydrogen) atoms. The zero-order chi connectivity index (χ0) is 51.6. The first kappa shape index (κ1) is 52.5. The predicted octanol–water partition coefficient (Wildman–Crippen LogP) is 10.4. The first-order valence-corrected chi connectivity index (χ1v) is 25.1. The Labute approximate surface area is 437 Å². The van der Waals surface area contributed by atoms with Gasteiger partial charge >= 0.3 is 17.9 Å². The molecule has 386 valence electrons. The molecule has 0 radical (unpaired) electrons. The van der Waals surface area contributed by atoms with Gasteiger partial charge in [0, 0.05) is 5.92 Å². The van der Waals surface area contributed by atoms with Gasteiger partial charge in [-0.15, -0.1) is 0 Å². The van der Waals surface area contributed by atoms with E-state index >= 15 is 0 Å². The topological polar surface area (TPSA) is 144 Å². The molecular weight excluding hydrogens is 953 g/mol. The van der Waals surface area contributed by atoms with Gasteiger partial charge in [-0.05, 0) is 58.7 Å². The van der Waals surface area contributed by atoms with Crippen LogP contribution in [0.4, 0.5) is 0 Å². The Kier molecular flexibility index (Phi) is 18.7. The minimum Gasteiger partial charge on any atom is -0.459 e. The van der Waals surface area contributed by atoms with Crippen molar-refractivity contribution in [2.45, 2.75) is 88.7 Å². The average Bonchev–Trinajstić information content (AvgIpc) is 3.47. The summed E-state index contributed by atoms with van der Waals surface area (Å²) in [7, 11) is 0. The standard InChI is InChI=1S/C62H60O13/c1-43-53(73-59(64)49-33-19-7-20-34-49)52(42-69-58(63)48-31-17-6-18-32-48)72-62(54(43)74-60(65)50-35-21-8-22-36-50)75-57-56(68-39-46-27-13-4-14-28-46)55(67-38-45-25-11-3-12-26-45)51(41-66-37-44-23-9-2-10-24-44)71-61(57)70-40-47-29-15-5-16-30-47/h2-36,43,51-57,61-62H,37-42H2,1H3/t43-,51?,52?,53-,54?,55+,56-,57?,61-,62+/m0/s1. The lowest BCUT2D eigenvalue weighted by molar-refractivity contribution is -0.372. The summed E-state index contributed by atoms with van der Waals surface area (Å²) < 4.78 is 66.9. The molecule has 0 aromatic heterocycles. The van der Waals surface area contributed by atoms with Gasteiger partial charge in [-0.2, -0.15) is 0 Å². The monoisotopic (exact) mass is 1010 g/mol. The molecule has 0 aliphatic carbocycles. The molecule has 0 N–H and O–H groups in total. The summed E-state index contributed by atoms with van der Waals surface area (Å²) in [6, 6.07) is 64.5. The summed E-state index contributed by atoms with van der Waals surface area (Å²) >= 11 is 0. The van der Waals surface area contributed by atoms with E-state index in [4.69, 9.17) is 47.4 Å². The SMILES string of the molecule is C[C@@H]1C(OC(=O)c2ccccc2)[C@@H](OC2[C@@H](OCc3ccccc3)OC(COCc3ccccc3)[C@@H](OCc3ccccc3)[C@@H]2OCc2ccccc2)OC(COC(=O)c2ccccc2)[C@H]1OC(=O)c1ccccc1. The van der Waals surface area contributed by atoms with E-state index in [2.05, 4.69) is 0 Å². The van der Waals surface area contributed by atoms with Crippen LogP contribution in [0.3, 0.4) is 0 Å². The highest BCUT2D eigenvalue weighted by atomic mass is 16.8. The van der Waals surface area contributed by atoms with E-state index in [1.165, 1.54) is 0 Å². The zero-order valence-electron chi connectivity index (χ0n) is 41.5. The zero-order valence-corrected chi connectivity index (χ0v) is 41.5. The molecule has 10 atom stereocenters. The van der Waals surface area contributed by atoms with Crippen molar-refractivity contribution in [3.63, 3.8) is 0 Å². The van der Waals surface area contributed by atoms with Gasteiger partial charge in [0.15, 0.2) is 18.7 Å². The third kappa shape index (κ3) is 14.5. The number of hydrogen-bond donors (Lipinski definition) is 0. The second-order valence-corrected chi connectivity index (χ2v) is 18.3. The minimum atomic E-state index is -1.44. The number of carbonyl (C=O) groups is 3. The van der Waals surface area contributed by atoms with Crippen LogP contribution in [0.1, 0.15) is 60.3 Å². The second kappa shape index (κ2) is 26.8. The Morgan fingerprint density at radius 3 is 1.23 bits per heavy atom. The smallest absolute Gasteiger partial charge is 0.338 e. The van der Waals surface area contributed by atoms with Crippen molar-refractivity contribution in [1.82, 2.24) is 0 Å². The van der Waals surface area contributed by atoms with E-state index in [1.54, 1.807) is 97.9 Å². The highest BCUT2D eigenvalue weighted by Gasteiger charge is 2.55. The molecule has 2 fully saturated rings. The van der Waals surface area contributed by atoms with Gasteiger partial charge in [0.1, 0.15) is 43.2 Å². The van der Waals surface area contributed by atoms with Crippen molar-refractivity contribution in [2.24, 2.45) is 5.92 Å². The minimum absolute atomic E-state index is 0.0784. The molecule has 0 bridgehead atoms. The first-order chi connectivity index (χ1) is 36.9. The van der Waals surface area contributed by atoms with Crippen LogP contribution in [0.5, 0.6) is 0 Å². The van der Waals surface area contributed by atoms with Crippen LogP contribution in [0.25, 0.3) is 0 Å². The van der Waals surface area contributed by atoms with Crippen LogP contribution in [-0.2, 0) is 73.8 Å². The van der Waals surface area contributed by atoms with Crippen LogP contribution < -0.4 is 0 Å². The molecule has 2 saturated heterocycles. The average molecular weight is 1010 g/mol. The Morgan fingerprint density at radius 1 is 0.373 bits per heavy atom. The lowest BCUT2D eigenvalue weighted by Crippen LogP contribution is -2.65. The van der Waals surface area contributed by atoms with E-state index in [0.29, 0.717) is 12.2 Å². The number of esters is 3. The van der Waals surface area contributed by atoms with Crippen LogP contribution >= 0.6 is 0 Å². The fourth-order valence-electron chi connectivity index (χ4n) is 9.03. The number of carbonyl (C=O) groups excluding carboxylic acids is 3. The van der Waals surface area contributed by atoms with Crippen molar-refractivity contribution >= 4 is 17.9 Å². The quantitative estimate of drug-likeness (QED) is 0.0470. The van der Waals surface area contributed by atoms with E-state index in [1.807, 2.05) is 121 Å². The van der Waals surface area contributed by atoms with E-state index < -0.39 is 79.1 Å². The Bertz CT molecular complexity index is 2810. The van der Waals surface area contributed by atoms with Crippen LogP contribution in [0.15, 0.2) is 212 Å². The molecule has 0 spiro atoms. The summed E-state index contributed by atoms with van der Waals surface area (Å²) in [5.41, 5.74) is 4.47. The van der Waals surface area contributed by atoms with Gasteiger partial charge in [-0.25, -0.2) is 14.4 Å². The van der Waals surface area contributed by atoms with E-state index in [-0.39, 0.29) is 44.2 Å². The number of ether oxygens (including phenoxy) is 10. The lowest BCUT2D eigenvalue weighted by Gasteiger charge is -2.49. The van der Waals surface area contributed by atoms with Crippen LogP contribution in [0, 0.1) is 5.92 Å². The summed E-state index contributed by atoms with van der Waals surface area (Å²) in [6.07, 6.45) is -9.95. The highest BCUT2D eigenvalue weighted by molar-refractivity contribution is 5.90. The molecule has 0 amide bonds. The van der Waals surface area contributed by atoms with E-state index in [9.17, 15) is 14.4 Å². The second-order valence-electron chi connectivity index (χ2n) is 18.3. The van der Waals surface area contributed by atoms with Crippen molar-refractivity contribution in [3.8, 4) is 0 Å². The molecule has 13 heteroatoms. The Hall–Kier alpha value is -7.33. The van der Waals surface area contributed by atoms with Crippen LogP contribution in [-0.4, -0.2) is 86.4 Å². The molecule has 7 aromatic carbocycles. The summed E-state index contributed by atoms with van der Waals surface area (Å²) in [6.45, 7) is 2.18. The van der Waals surface area contributed by atoms with Gasteiger partial charge in [0.25, 0.3) is 0 Å². The fraction of sp³-hybridized carbons (Fsp3) is 0.274. The molecule has 4 unspecified atom stereocenters. The maximum atomic E-state index is 14.2. The van der Waals surface area contributed by atoms with Crippen molar-refractivity contribution < 1.29 is 61.8 Å². The molecular formula is C62H60O13. The molecule has 2 heterocycles. The third-order valence-corrected chi connectivity index (χ3v) is 13.0. The molecule has 7 aromatic rings. The van der Waals surface area contributed by atoms with Gasteiger partial charge < -0.3 is 47.4 Å². The number of benzene rings is 7. The van der Waals surface area contributed by atoms with Gasteiger partial charge in [-0.3, -0.25) is 0 Å². The number of hydrogen-bond acceptors (Lipinski definition) is 13. The largest absolute Gasteiger partial charge is 0.459 e. The van der Waals surface area contributed by atoms with Gasteiger partial charge in [-0.1, -0.05) is 183 Å². The maximum Gasteiger partial charge on any atom is 0.338 e. The van der Waals surface area contributed by atoms with E-state index in [0.717, 1.165) is 22.3 Å². The fourth-order valence-corrected chi connectivity index (χ4v) is 9.03. The normalized spacial score (nSPS) is 23.4. The van der Waals surface area contributed by atoms with Gasteiger partial charge in [0.05, 0.1) is 49.7 Å². The summed E-state index contributed by atoms with van der Waals surface area (Å²) in [5, 5.41) is 0. The molecule has 2 aliphatic rings. The summed E-state index contributed by atoms with van der Waals surface area (Å²) in [5.74, 6) is -2.81. The highest BCUT2D eigenvalue weighted by Crippen LogP contribution is 2.38. The molecule has 13 nitrogen and oxygen atoms in total. The number of rotatable bonds is 22. The molecule has 2 aliphatic heterocycles. The first-order valence-electron chi connectivity index (χ1n) is 25.1. The maximum absolute atomic E-state index is 14.2. The third-order valence-electron chi connectivity index (χ3n) is 13.0. The molecule has 9 rings (SSSR count). The predicted molar refractivity (Wildman–Crippen MR) is 277 cm³/mol. The van der Waals surface area contributed by atoms with Crippen molar-refractivity contribution in [1.29, 1.82) is 0 Å². The van der Waals surface area contributed by atoms with Crippen LogP contribution in [0.2, 0.25) is 0 Å². The lowest BCUT2D eigenvalue weighted by atomic mass is 9.89. The van der Waals surface area contributed by atoms with Crippen molar-refractivity contribution in [3.05, 3.63) is 251 Å². The summed E-state index contributed by atoms with van der Waals surface area (Å²) in [4.78, 5) is 41.8. The molecule has 0 saturated carbocycles. The van der Waals surface area contributed by atoms with Gasteiger partial charge in [0.2, 0.25) is 0 Å². The Morgan fingerprint density at radius 2 is 0.747 bits per heavy atom. The Balaban J connectivity index is 1.11. The van der Waals surface area contributed by atoms with Crippen molar-refractivity contribution in [2.75, 3.05) is 13.2 Å².